The van der Waals surface area contributed by atoms with Crippen LogP contribution in [0.25, 0.3) is 0 Å². The molecule has 0 saturated heterocycles. The average Bonchev–Trinajstić information content (AvgIpc) is 2.59. The molecule has 0 aliphatic rings. The van der Waals surface area contributed by atoms with Gasteiger partial charge in [-0.1, -0.05) is 38.1 Å². The van der Waals surface area contributed by atoms with Gasteiger partial charge in [-0.3, -0.25) is 9.69 Å². The van der Waals surface area contributed by atoms with Crippen LogP contribution in [0.15, 0.2) is 48.8 Å². The molecule has 2 aromatic rings. The molecular weight excluding hydrogens is 290 g/mol. The molecule has 0 atom stereocenters. The van der Waals surface area contributed by atoms with Crippen LogP contribution in [-0.2, 0) is 13.1 Å². The molecule has 2 rings (SSSR count). The maximum absolute atomic E-state index is 12.1. The first-order valence-corrected chi connectivity index (χ1v) is 7.90. The van der Waals surface area contributed by atoms with E-state index in [9.17, 15) is 10.0 Å². The molecule has 1 amide bonds. The van der Waals surface area contributed by atoms with Gasteiger partial charge >= 0.3 is 0 Å². The van der Waals surface area contributed by atoms with E-state index in [1.54, 1.807) is 0 Å². The van der Waals surface area contributed by atoms with Gasteiger partial charge in [0.15, 0.2) is 12.4 Å². The SMILES string of the molecule is CCN(CC)Cc1ccccc1CNC(=O)c1cc[n+]([O-])cc1. The number of nitrogens with one attached hydrogen (secondary N) is 1. The van der Waals surface area contributed by atoms with E-state index < -0.39 is 0 Å². The molecule has 5 heteroatoms. The van der Waals surface area contributed by atoms with Gasteiger partial charge in [0, 0.05) is 25.2 Å². The topological polar surface area (TPSA) is 59.3 Å². The van der Waals surface area contributed by atoms with Crippen LogP contribution >= 0.6 is 0 Å². The lowest BCUT2D eigenvalue weighted by atomic mass is 10.1. The summed E-state index contributed by atoms with van der Waals surface area (Å²) in [4.78, 5) is 14.5. The molecule has 1 heterocycles. The van der Waals surface area contributed by atoms with Gasteiger partial charge in [0.2, 0.25) is 0 Å². The second-order valence-electron chi connectivity index (χ2n) is 5.36. The van der Waals surface area contributed by atoms with Crippen molar-refractivity contribution in [3.63, 3.8) is 0 Å². The van der Waals surface area contributed by atoms with E-state index in [2.05, 4.69) is 30.1 Å². The molecule has 1 aromatic carbocycles. The van der Waals surface area contributed by atoms with Crippen molar-refractivity contribution in [2.24, 2.45) is 0 Å². The molecule has 0 unspecified atom stereocenters. The van der Waals surface area contributed by atoms with Gasteiger partial charge in [0.05, 0.1) is 5.56 Å². The van der Waals surface area contributed by atoms with Crippen LogP contribution < -0.4 is 10.0 Å². The van der Waals surface area contributed by atoms with Crippen LogP contribution in [0.5, 0.6) is 0 Å². The van der Waals surface area contributed by atoms with Crippen LogP contribution in [0.3, 0.4) is 0 Å². The number of carbonyl (C=O) groups excluding carboxylic acids is 1. The minimum atomic E-state index is -0.178. The summed E-state index contributed by atoms with van der Waals surface area (Å²) in [5.74, 6) is -0.178. The van der Waals surface area contributed by atoms with Gasteiger partial charge < -0.3 is 10.5 Å². The Balaban J connectivity index is 2.02. The van der Waals surface area contributed by atoms with Crippen LogP contribution in [-0.4, -0.2) is 23.9 Å². The van der Waals surface area contributed by atoms with Gasteiger partial charge in [0.1, 0.15) is 0 Å². The van der Waals surface area contributed by atoms with Crippen molar-refractivity contribution in [2.75, 3.05) is 13.1 Å². The van der Waals surface area contributed by atoms with E-state index in [4.69, 9.17) is 0 Å². The van der Waals surface area contributed by atoms with Gasteiger partial charge in [-0.15, -0.1) is 0 Å². The summed E-state index contributed by atoms with van der Waals surface area (Å²) in [6.07, 6.45) is 2.65. The maximum atomic E-state index is 12.1. The summed E-state index contributed by atoms with van der Waals surface area (Å²) >= 11 is 0. The number of hydrogen-bond acceptors (Lipinski definition) is 3. The first-order valence-electron chi connectivity index (χ1n) is 7.90. The van der Waals surface area contributed by atoms with Crippen molar-refractivity contribution < 1.29 is 9.52 Å². The van der Waals surface area contributed by atoms with E-state index in [0.29, 0.717) is 16.8 Å². The highest BCUT2D eigenvalue weighted by Crippen LogP contribution is 2.12. The minimum absolute atomic E-state index is 0.178. The monoisotopic (exact) mass is 313 g/mol. The number of benzene rings is 1. The summed E-state index contributed by atoms with van der Waals surface area (Å²) in [6, 6.07) is 11.2. The van der Waals surface area contributed by atoms with Crippen LogP contribution in [0, 0.1) is 5.21 Å². The Morgan fingerprint density at radius 3 is 2.30 bits per heavy atom. The number of hydrogen-bond donors (Lipinski definition) is 1. The summed E-state index contributed by atoms with van der Waals surface area (Å²) in [6.45, 7) is 7.63. The maximum Gasteiger partial charge on any atom is 0.252 e. The van der Waals surface area contributed by atoms with Gasteiger partial charge in [-0.05, 0) is 24.2 Å². The summed E-state index contributed by atoms with van der Waals surface area (Å²) in [5.41, 5.74) is 2.82. The van der Waals surface area contributed by atoms with Gasteiger partial charge in [0.25, 0.3) is 5.91 Å². The molecule has 1 N–H and O–H groups in total. The van der Waals surface area contributed by atoms with Crippen LogP contribution in [0.1, 0.15) is 35.3 Å². The molecule has 0 bridgehead atoms. The zero-order valence-electron chi connectivity index (χ0n) is 13.7. The van der Waals surface area contributed by atoms with Crippen molar-refractivity contribution in [1.82, 2.24) is 10.2 Å². The molecule has 1 aromatic heterocycles. The molecule has 0 radical (unpaired) electrons. The van der Waals surface area contributed by atoms with Gasteiger partial charge in [-0.25, -0.2) is 0 Å². The van der Waals surface area contributed by atoms with Crippen LogP contribution in [0.2, 0.25) is 0 Å². The van der Waals surface area contributed by atoms with E-state index in [1.807, 2.05) is 18.2 Å². The predicted octanol–water partition coefficient (Wildman–Crippen LogP) is 2.09. The second-order valence-corrected chi connectivity index (χ2v) is 5.36. The fourth-order valence-electron chi connectivity index (χ4n) is 2.41. The number of carbonyl (C=O) groups is 1. The highest BCUT2D eigenvalue weighted by atomic mass is 16.5. The predicted molar refractivity (Wildman–Crippen MR) is 89.6 cm³/mol. The Bertz CT molecular complexity index is 637. The normalized spacial score (nSPS) is 10.7. The Kier molecular flexibility index (Phi) is 6.11. The number of amides is 1. The lowest BCUT2D eigenvalue weighted by Crippen LogP contribution is -2.28. The quantitative estimate of drug-likeness (QED) is 0.629. The van der Waals surface area contributed by atoms with E-state index in [0.717, 1.165) is 25.2 Å². The number of aromatic nitrogens is 1. The Morgan fingerprint density at radius 2 is 1.70 bits per heavy atom. The summed E-state index contributed by atoms with van der Waals surface area (Å²) in [7, 11) is 0. The largest absolute Gasteiger partial charge is 0.619 e. The summed E-state index contributed by atoms with van der Waals surface area (Å²) < 4.78 is 0.663. The third-order valence-corrected chi connectivity index (χ3v) is 3.91. The highest BCUT2D eigenvalue weighted by molar-refractivity contribution is 5.93. The molecule has 23 heavy (non-hydrogen) atoms. The molecule has 5 nitrogen and oxygen atoms in total. The smallest absolute Gasteiger partial charge is 0.252 e. The number of nitrogens with zero attached hydrogens (tertiary/aromatic N) is 2. The van der Waals surface area contributed by atoms with Crippen molar-refractivity contribution in [3.8, 4) is 0 Å². The van der Waals surface area contributed by atoms with Crippen molar-refractivity contribution in [2.45, 2.75) is 26.9 Å². The second kappa shape index (κ2) is 8.29. The third kappa shape index (κ3) is 4.79. The molecule has 122 valence electrons. The zero-order chi connectivity index (χ0) is 16.7. The highest BCUT2D eigenvalue weighted by Gasteiger charge is 2.09. The van der Waals surface area contributed by atoms with Gasteiger partial charge in [-0.2, -0.15) is 4.73 Å². The molecule has 0 aliphatic heterocycles. The van der Waals surface area contributed by atoms with Crippen molar-refractivity contribution in [1.29, 1.82) is 0 Å². The number of pyridine rings is 1. The van der Waals surface area contributed by atoms with E-state index in [-0.39, 0.29) is 5.91 Å². The first-order chi connectivity index (χ1) is 11.1. The average molecular weight is 313 g/mol. The third-order valence-electron chi connectivity index (χ3n) is 3.91. The van der Waals surface area contributed by atoms with Crippen molar-refractivity contribution >= 4 is 5.91 Å². The lowest BCUT2D eigenvalue weighted by molar-refractivity contribution is -0.605. The molecule has 0 saturated carbocycles. The van der Waals surface area contributed by atoms with Crippen LogP contribution in [0.4, 0.5) is 0 Å². The lowest BCUT2D eigenvalue weighted by Gasteiger charge is -2.20. The molecule has 0 spiro atoms. The number of rotatable bonds is 7. The molecule has 0 aliphatic carbocycles. The Morgan fingerprint density at radius 1 is 1.09 bits per heavy atom. The summed E-state index contributed by atoms with van der Waals surface area (Å²) in [5, 5.41) is 13.9. The zero-order valence-corrected chi connectivity index (χ0v) is 13.7. The fourth-order valence-corrected chi connectivity index (χ4v) is 2.41. The minimum Gasteiger partial charge on any atom is -0.619 e. The Labute approximate surface area is 137 Å². The van der Waals surface area contributed by atoms with E-state index in [1.165, 1.54) is 30.1 Å². The fraction of sp³-hybridized carbons (Fsp3) is 0.333. The molecule has 0 fully saturated rings. The first kappa shape index (κ1) is 17.0. The molecular formula is C18H23N3O2. The standard InChI is InChI=1S/C18H23N3O2/c1-3-20(4-2)14-17-8-6-5-7-16(17)13-19-18(22)15-9-11-21(23)12-10-15/h5-12H,3-4,13-14H2,1-2H3,(H,19,22). The van der Waals surface area contributed by atoms with E-state index >= 15 is 0 Å². The Hall–Kier alpha value is -2.40. The van der Waals surface area contributed by atoms with Crippen molar-refractivity contribution in [3.05, 3.63) is 70.7 Å².